The second-order valence-electron chi connectivity index (χ2n) is 7.16. The molecule has 1 amide bonds. The number of carbonyl (C=O) groups is 1. The molecule has 4 rings (SSSR count). The SMILES string of the molecule is Cc1ccc(C(=O)N2CCN(Cc3csc(-c4ccccc4Cl)n3)CC2)cc1F. The molecule has 0 N–H and O–H groups in total. The first kappa shape index (κ1) is 20.0. The minimum absolute atomic E-state index is 0.113. The van der Waals surface area contributed by atoms with E-state index in [1.807, 2.05) is 24.3 Å². The zero-order valence-corrected chi connectivity index (χ0v) is 17.6. The first-order valence-electron chi connectivity index (χ1n) is 9.48. The molecule has 0 saturated carbocycles. The normalized spacial score (nSPS) is 14.9. The highest BCUT2D eigenvalue weighted by Gasteiger charge is 2.23. The van der Waals surface area contributed by atoms with Gasteiger partial charge in [-0.3, -0.25) is 9.69 Å². The van der Waals surface area contributed by atoms with E-state index >= 15 is 0 Å². The third kappa shape index (κ3) is 4.50. The average molecular weight is 430 g/mol. The van der Waals surface area contributed by atoms with Crippen molar-refractivity contribution in [1.29, 1.82) is 0 Å². The van der Waals surface area contributed by atoms with Crippen molar-refractivity contribution in [3.8, 4) is 10.6 Å². The van der Waals surface area contributed by atoms with Crippen molar-refractivity contribution in [2.45, 2.75) is 13.5 Å². The lowest BCUT2D eigenvalue weighted by Gasteiger charge is -2.34. The molecule has 2 aromatic carbocycles. The van der Waals surface area contributed by atoms with Crippen molar-refractivity contribution >= 4 is 28.8 Å². The molecule has 4 nitrogen and oxygen atoms in total. The van der Waals surface area contributed by atoms with Crippen LogP contribution in [-0.2, 0) is 6.54 Å². The van der Waals surface area contributed by atoms with Crippen molar-refractivity contribution in [3.05, 3.63) is 75.5 Å². The molecule has 0 spiro atoms. The molecule has 2 heterocycles. The summed E-state index contributed by atoms with van der Waals surface area (Å²) in [6, 6.07) is 12.4. The van der Waals surface area contributed by atoms with E-state index in [2.05, 4.69) is 10.3 Å². The second kappa shape index (κ2) is 8.61. The Morgan fingerprint density at radius 2 is 1.93 bits per heavy atom. The molecule has 0 unspecified atom stereocenters. The number of hydrogen-bond donors (Lipinski definition) is 0. The summed E-state index contributed by atoms with van der Waals surface area (Å²) in [5, 5.41) is 3.68. The fourth-order valence-electron chi connectivity index (χ4n) is 3.38. The number of piperazine rings is 1. The fourth-order valence-corrected chi connectivity index (χ4v) is 4.52. The summed E-state index contributed by atoms with van der Waals surface area (Å²) < 4.78 is 13.8. The molecule has 7 heteroatoms. The van der Waals surface area contributed by atoms with Crippen LogP contribution in [0.3, 0.4) is 0 Å². The lowest BCUT2D eigenvalue weighted by Crippen LogP contribution is -2.48. The number of aromatic nitrogens is 1. The van der Waals surface area contributed by atoms with Crippen molar-refractivity contribution < 1.29 is 9.18 Å². The topological polar surface area (TPSA) is 36.4 Å². The predicted molar refractivity (Wildman–Crippen MR) is 115 cm³/mol. The van der Waals surface area contributed by atoms with Crippen LogP contribution in [0.2, 0.25) is 5.02 Å². The second-order valence-corrected chi connectivity index (χ2v) is 8.42. The molecule has 0 atom stereocenters. The van der Waals surface area contributed by atoms with Crippen LogP contribution >= 0.6 is 22.9 Å². The third-order valence-corrected chi connectivity index (χ3v) is 6.37. The monoisotopic (exact) mass is 429 g/mol. The Hall–Kier alpha value is -2.28. The molecule has 0 aliphatic carbocycles. The quantitative estimate of drug-likeness (QED) is 0.593. The summed E-state index contributed by atoms with van der Waals surface area (Å²) in [5.41, 5.74) is 2.91. The molecule has 1 aromatic heterocycles. The van der Waals surface area contributed by atoms with Crippen LogP contribution < -0.4 is 0 Å². The van der Waals surface area contributed by atoms with Gasteiger partial charge in [0, 0.05) is 49.2 Å². The molecule has 1 saturated heterocycles. The Morgan fingerprint density at radius 3 is 2.66 bits per heavy atom. The van der Waals surface area contributed by atoms with Gasteiger partial charge in [0.05, 0.1) is 10.7 Å². The molecule has 1 aliphatic heterocycles. The van der Waals surface area contributed by atoms with E-state index in [0.29, 0.717) is 29.2 Å². The van der Waals surface area contributed by atoms with Crippen molar-refractivity contribution in [1.82, 2.24) is 14.8 Å². The summed E-state index contributed by atoms with van der Waals surface area (Å²) >= 11 is 7.86. The molecule has 29 heavy (non-hydrogen) atoms. The smallest absolute Gasteiger partial charge is 0.254 e. The van der Waals surface area contributed by atoms with Gasteiger partial charge in [0.1, 0.15) is 10.8 Å². The van der Waals surface area contributed by atoms with Crippen LogP contribution in [0.15, 0.2) is 47.8 Å². The number of aryl methyl sites for hydroxylation is 1. The van der Waals surface area contributed by atoms with Gasteiger partial charge < -0.3 is 4.90 Å². The van der Waals surface area contributed by atoms with Crippen LogP contribution in [0.1, 0.15) is 21.6 Å². The number of carbonyl (C=O) groups excluding carboxylic acids is 1. The Labute approximate surface area is 178 Å². The Kier molecular flexibility index (Phi) is 5.94. The number of hydrogen-bond acceptors (Lipinski definition) is 4. The number of amides is 1. The van der Waals surface area contributed by atoms with Crippen LogP contribution in [0.25, 0.3) is 10.6 Å². The van der Waals surface area contributed by atoms with E-state index in [-0.39, 0.29) is 11.7 Å². The first-order valence-corrected chi connectivity index (χ1v) is 10.7. The molecule has 150 valence electrons. The number of rotatable bonds is 4. The van der Waals surface area contributed by atoms with Gasteiger partial charge in [0.2, 0.25) is 0 Å². The molecule has 0 radical (unpaired) electrons. The summed E-state index contributed by atoms with van der Waals surface area (Å²) in [6.07, 6.45) is 0. The van der Waals surface area contributed by atoms with Crippen molar-refractivity contribution in [2.75, 3.05) is 26.2 Å². The summed E-state index contributed by atoms with van der Waals surface area (Å²) in [4.78, 5) is 21.4. The maximum Gasteiger partial charge on any atom is 0.254 e. The maximum absolute atomic E-state index is 13.8. The van der Waals surface area contributed by atoms with E-state index < -0.39 is 0 Å². The molecular weight excluding hydrogens is 409 g/mol. The standard InChI is InChI=1S/C22H21ClFN3OS/c1-15-6-7-16(12-20(15)24)22(28)27-10-8-26(9-11-27)13-17-14-29-21(25-17)18-4-2-3-5-19(18)23/h2-7,12,14H,8-11,13H2,1H3. The Morgan fingerprint density at radius 1 is 1.17 bits per heavy atom. The maximum atomic E-state index is 13.8. The van der Waals surface area contributed by atoms with Gasteiger partial charge in [-0.2, -0.15) is 0 Å². The summed E-state index contributed by atoms with van der Waals surface area (Å²) in [7, 11) is 0. The molecular formula is C22H21ClFN3OS. The van der Waals surface area contributed by atoms with Crippen LogP contribution in [0.4, 0.5) is 4.39 Å². The fraction of sp³-hybridized carbons (Fsp3) is 0.273. The predicted octanol–water partition coefficient (Wildman–Crippen LogP) is 4.87. The Bertz CT molecular complexity index is 1030. The van der Waals surface area contributed by atoms with E-state index in [1.165, 1.54) is 6.07 Å². The zero-order chi connectivity index (χ0) is 20.4. The highest BCUT2D eigenvalue weighted by molar-refractivity contribution is 7.13. The average Bonchev–Trinajstić information content (AvgIpc) is 3.18. The van der Waals surface area contributed by atoms with Gasteiger partial charge >= 0.3 is 0 Å². The minimum atomic E-state index is -0.340. The van der Waals surface area contributed by atoms with E-state index in [0.717, 1.165) is 35.9 Å². The van der Waals surface area contributed by atoms with Crippen LogP contribution in [0, 0.1) is 12.7 Å². The highest BCUT2D eigenvalue weighted by Crippen LogP contribution is 2.30. The van der Waals surface area contributed by atoms with Crippen molar-refractivity contribution in [2.24, 2.45) is 0 Å². The van der Waals surface area contributed by atoms with Gasteiger partial charge in [-0.25, -0.2) is 9.37 Å². The summed E-state index contributed by atoms with van der Waals surface area (Å²) in [6.45, 7) is 5.20. The van der Waals surface area contributed by atoms with E-state index in [1.54, 1.807) is 35.3 Å². The van der Waals surface area contributed by atoms with Gasteiger partial charge in [0.25, 0.3) is 5.91 Å². The van der Waals surface area contributed by atoms with Gasteiger partial charge in [0.15, 0.2) is 0 Å². The first-order chi connectivity index (χ1) is 14.0. The molecule has 0 bridgehead atoms. The zero-order valence-electron chi connectivity index (χ0n) is 16.1. The van der Waals surface area contributed by atoms with Gasteiger partial charge in [-0.05, 0) is 30.7 Å². The minimum Gasteiger partial charge on any atom is -0.336 e. The van der Waals surface area contributed by atoms with Gasteiger partial charge in [-0.15, -0.1) is 11.3 Å². The number of nitrogens with zero attached hydrogens (tertiary/aromatic N) is 3. The number of benzene rings is 2. The third-order valence-electron chi connectivity index (χ3n) is 5.12. The number of thiazole rings is 1. The molecule has 1 aliphatic rings. The Balaban J connectivity index is 1.35. The summed E-state index contributed by atoms with van der Waals surface area (Å²) in [5.74, 6) is -0.453. The van der Waals surface area contributed by atoms with E-state index in [9.17, 15) is 9.18 Å². The van der Waals surface area contributed by atoms with Crippen LogP contribution in [0.5, 0.6) is 0 Å². The van der Waals surface area contributed by atoms with Gasteiger partial charge in [-0.1, -0.05) is 35.9 Å². The highest BCUT2D eigenvalue weighted by atomic mass is 35.5. The lowest BCUT2D eigenvalue weighted by atomic mass is 10.1. The van der Waals surface area contributed by atoms with Crippen molar-refractivity contribution in [3.63, 3.8) is 0 Å². The van der Waals surface area contributed by atoms with E-state index in [4.69, 9.17) is 16.6 Å². The molecule has 3 aromatic rings. The largest absolute Gasteiger partial charge is 0.336 e. The lowest BCUT2D eigenvalue weighted by molar-refractivity contribution is 0.0627. The molecule has 1 fully saturated rings. The van der Waals surface area contributed by atoms with Crippen LogP contribution in [-0.4, -0.2) is 46.9 Å². The number of halogens is 2.